The molecular weight excluding hydrogens is 202 g/mol. The van der Waals surface area contributed by atoms with E-state index in [1.165, 1.54) is 5.56 Å². The quantitative estimate of drug-likeness (QED) is 0.587. The highest BCUT2D eigenvalue weighted by Gasteiger charge is 2.10. The SMILES string of the molecule is CNC(C)C(=O)OCCCc1ccccc1. The Labute approximate surface area is 96.8 Å². The monoisotopic (exact) mass is 221 g/mol. The molecule has 1 rings (SSSR count). The number of benzene rings is 1. The molecule has 0 aromatic heterocycles. The topological polar surface area (TPSA) is 38.3 Å². The number of nitrogens with one attached hydrogen (secondary N) is 1. The van der Waals surface area contributed by atoms with Crippen LogP contribution in [0.1, 0.15) is 18.9 Å². The van der Waals surface area contributed by atoms with Crippen LogP contribution in [0, 0.1) is 0 Å². The van der Waals surface area contributed by atoms with Crippen molar-refractivity contribution >= 4 is 5.97 Å². The number of hydrogen-bond donors (Lipinski definition) is 1. The van der Waals surface area contributed by atoms with Crippen LogP contribution in [0.5, 0.6) is 0 Å². The zero-order valence-corrected chi connectivity index (χ0v) is 9.90. The lowest BCUT2D eigenvalue weighted by molar-refractivity contribution is -0.145. The minimum atomic E-state index is -0.225. The van der Waals surface area contributed by atoms with Gasteiger partial charge < -0.3 is 10.1 Å². The van der Waals surface area contributed by atoms with E-state index in [4.69, 9.17) is 4.74 Å². The van der Waals surface area contributed by atoms with Gasteiger partial charge in [0, 0.05) is 0 Å². The normalized spacial score (nSPS) is 12.1. The number of likely N-dealkylation sites (N-methyl/N-ethyl adjacent to an activating group) is 1. The molecule has 3 heteroatoms. The summed E-state index contributed by atoms with van der Waals surface area (Å²) in [5.41, 5.74) is 1.28. The van der Waals surface area contributed by atoms with E-state index >= 15 is 0 Å². The molecule has 0 bridgehead atoms. The van der Waals surface area contributed by atoms with Crippen LogP contribution < -0.4 is 5.32 Å². The van der Waals surface area contributed by atoms with E-state index in [2.05, 4.69) is 17.4 Å². The molecule has 0 aliphatic rings. The van der Waals surface area contributed by atoms with E-state index < -0.39 is 0 Å². The van der Waals surface area contributed by atoms with Crippen LogP contribution in [0.2, 0.25) is 0 Å². The summed E-state index contributed by atoms with van der Waals surface area (Å²) in [6, 6.07) is 9.97. The third-order valence-electron chi connectivity index (χ3n) is 2.48. The van der Waals surface area contributed by atoms with Gasteiger partial charge in [0.2, 0.25) is 0 Å². The van der Waals surface area contributed by atoms with Crippen LogP contribution in [0.4, 0.5) is 0 Å². The number of ether oxygens (including phenoxy) is 1. The molecule has 0 spiro atoms. The van der Waals surface area contributed by atoms with Gasteiger partial charge in [-0.25, -0.2) is 0 Å². The third kappa shape index (κ3) is 4.45. The summed E-state index contributed by atoms with van der Waals surface area (Å²) in [6.07, 6.45) is 1.81. The molecule has 0 heterocycles. The highest BCUT2D eigenvalue weighted by Crippen LogP contribution is 2.02. The molecule has 0 aliphatic heterocycles. The summed E-state index contributed by atoms with van der Waals surface area (Å²) in [6.45, 7) is 2.28. The second-order valence-electron chi connectivity index (χ2n) is 3.77. The Kier molecular flexibility index (Phi) is 5.57. The molecule has 88 valence electrons. The Hall–Kier alpha value is -1.35. The fourth-order valence-corrected chi connectivity index (χ4v) is 1.34. The van der Waals surface area contributed by atoms with Crippen molar-refractivity contribution in [3.63, 3.8) is 0 Å². The highest BCUT2D eigenvalue weighted by atomic mass is 16.5. The number of carbonyl (C=O) groups is 1. The first-order chi connectivity index (χ1) is 7.74. The van der Waals surface area contributed by atoms with Gasteiger partial charge in [0.25, 0.3) is 0 Å². The van der Waals surface area contributed by atoms with Crippen molar-refractivity contribution in [2.45, 2.75) is 25.8 Å². The molecule has 0 amide bonds. The molecule has 0 saturated carbocycles. The average Bonchev–Trinajstić information content (AvgIpc) is 2.34. The lowest BCUT2D eigenvalue weighted by atomic mass is 10.1. The molecule has 0 fully saturated rings. The minimum absolute atomic E-state index is 0.185. The molecule has 0 saturated heterocycles. The van der Waals surface area contributed by atoms with Crippen molar-refractivity contribution in [1.29, 1.82) is 0 Å². The molecule has 1 aromatic carbocycles. The van der Waals surface area contributed by atoms with Crippen molar-refractivity contribution in [1.82, 2.24) is 5.32 Å². The second-order valence-corrected chi connectivity index (χ2v) is 3.77. The van der Waals surface area contributed by atoms with Crippen molar-refractivity contribution in [3.8, 4) is 0 Å². The van der Waals surface area contributed by atoms with E-state index in [9.17, 15) is 4.79 Å². The maximum absolute atomic E-state index is 11.3. The second kappa shape index (κ2) is 7.01. The van der Waals surface area contributed by atoms with Crippen molar-refractivity contribution in [3.05, 3.63) is 35.9 Å². The van der Waals surface area contributed by atoms with E-state index in [-0.39, 0.29) is 12.0 Å². The third-order valence-corrected chi connectivity index (χ3v) is 2.48. The first-order valence-electron chi connectivity index (χ1n) is 5.62. The van der Waals surface area contributed by atoms with Gasteiger partial charge in [-0.1, -0.05) is 30.3 Å². The molecule has 1 unspecified atom stereocenters. The number of rotatable bonds is 6. The van der Waals surface area contributed by atoms with Crippen LogP contribution >= 0.6 is 0 Å². The molecule has 1 atom stereocenters. The number of hydrogen-bond acceptors (Lipinski definition) is 3. The number of esters is 1. The predicted octanol–water partition coefficient (Wildman–Crippen LogP) is 1.77. The van der Waals surface area contributed by atoms with Crippen molar-refractivity contribution in [2.24, 2.45) is 0 Å². The molecular formula is C13H19NO2. The summed E-state index contributed by atoms with van der Waals surface area (Å²) < 4.78 is 5.11. The van der Waals surface area contributed by atoms with E-state index in [0.717, 1.165) is 12.8 Å². The van der Waals surface area contributed by atoms with Gasteiger partial charge in [0.05, 0.1) is 6.61 Å². The number of carbonyl (C=O) groups excluding carboxylic acids is 1. The Morgan fingerprint density at radius 1 is 1.38 bits per heavy atom. The summed E-state index contributed by atoms with van der Waals surface area (Å²) in [7, 11) is 1.75. The Morgan fingerprint density at radius 2 is 2.06 bits per heavy atom. The highest BCUT2D eigenvalue weighted by molar-refractivity contribution is 5.75. The zero-order chi connectivity index (χ0) is 11.8. The molecule has 1 aromatic rings. The van der Waals surface area contributed by atoms with Crippen LogP contribution in [0.15, 0.2) is 30.3 Å². The van der Waals surface area contributed by atoms with Crippen LogP contribution in [0.25, 0.3) is 0 Å². The van der Waals surface area contributed by atoms with Gasteiger partial charge >= 0.3 is 5.97 Å². The Morgan fingerprint density at radius 3 is 2.69 bits per heavy atom. The maximum atomic E-state index is 11.3. The first-order valence-corrected chi connectivity index (χ1v) is 5.62. The maximum Gasteiger partial charge on any atom is 0.322 e. The molecule has 3 nitrogen and oxygen atoms in total. The minimum Gasteiger partial charge on any atom is -0.465 e. The van der Waals surface area contributed by atoms with E-state index in [1.807, 2.05) is 18.2 Å². The average molecular weight is 221 g/mol. The van der Waals surface area contributed by atoms with Crippen LogP contribution in [0.3, 0.4) is 0 Å². The Balaban J connectivity index is 2.15. The molecule has 16 heavy (non-hydrogen) atoms. The van der Waals surface area contributed by atoms with Crippen LogP contribution in [-0.4, -0.2) is 25.7 Å². The van der Waals surface area contributed by atoms with Gasteiger partial charge in [0.1, 0.15) is 6.04 Å². The first kappa shape index (κ1) is 12.7. The zero-order valence-electron chi connectivity index (χ0n) is 9.90. The summed E-state index contributed by atoms with van der Waals surface area (Å²) in [5, 5.41) is 2.85. The molecule has 0 aliphatic carbocycles. The van der Waals surface area contributed by atoms with Gasteiger partial charge in [-0.3, -0.25) is 4.79 Å². The standard InChI is InChI=1S/C13H19NO2/c1-11(14-2)13(15)16-10-6-9-12-7-4-3-5-8-12/h3-5,7-8,11,14H,6,9-10H2,1-2H3. The summed E-state index contributed by atoms with van der Waals surface area (Å²) in [4.78, 5) is 11.3. The van der Waals surface area contributed by atoms with Crippen molar-refractivity contribution in [2.75, 3.05) is 13.7 Å². The van der Waals surface area contributed by atoms with Gasteiger partial charge in [-0.15, -0.1) is 0 Å². The largest absolute Gasteiger partial charge is 0.465 e. The lowest BCUT2D eigenvalue weighted by Gasteiger charge is -2.09. The van der Waals surface area contributed by atoms with Crippen LogP contribution in [-0.2, 0) is 16.0 Å². The summed E-state index contributed by atoms with van der Waals surface area (Å²) >= 11 is 0. The number of aryl methyl sites for hydroxylation is 1. The fraction of sp³-hybridized carbons (Fsp3) is 0.462. The van der Waals surface area contributed by atoms with Crippen molar-refractivity contribution < 1.29 is 9.53 Å². The molecule has 1 N–H and O–H groups in total. The molecule has 0 radical (unpaired) electrons. The van der Waals surface area contributed by atoms with E-state index in [1.54, 1.807) is 14.0 Å². The lowest BCUT2D eigenvalue weighted by Crippen LogP contribution is -2.32. The van der Waals surface area contributed by atoms with Gasteiger partial charge in [-0.05, 0) is 32.4 Å². The Bertz CT molecular complexity index is 311. The van der Waals surface area contributed by atoms with E-state index in [0.29, 0.717) is 6.61 Å². The summed E-state index contributed by atoms with van der Waals surface area (Å²) in [5.74, 6) is -0.185. The van der Waals surface area contributed by atoms with Gasteiger partial charge in [0.15, 0.2) is 0 Å². The van der Waals surface area contributed by atoms with Gasteiger partial charge in [-0.2, -0.15) is 0 Å². The fourth-order valence-electron chi connectivity index (χ4n) is 1.34. The smallest absolute Gasteiger partial charge is 0.322 e. The predicted molar refractivity (Wildman–Crippen MR) is 64.2 cm³/mol.